The average molecular weight is 331 g/mol. The van der Waals surface area contributed by atoms with Gasteiger partial charge in [-0.05, 0) is 36.8 Å². The Balaban J connectivity index is 2.08. The van der Waals surface area contributed by atoms with Gasteiger partial charge in [0.15, 0.2) is 5.78 Å². The summed E-state index contributed by atoms with van der Waals surface area (Å²) in [5, 5.41) is 9.83. The third-order valence-electron chi connectivity index (χ3n) is 3.36. The smallest absolute Gasteiger partial charge is 0.306 e. The predicted molar refractivity (Wildman–Crippen MR) is 85.3 cm³/mol. The number of carbonyl (C=O) groups excluding carboxylic acids is 2. The second kappa shape index (κ2) is 8.19. The van der Waals surface area contributed by atoms with Gasteiger partial charge in [-0.15, -0.1) is 0 Å². The lowest BCUT2D eigenvalue weighted by atomic mass is 10.1. The predicted octanol–water partition coefficient (Wildman–Crippen LogP) is 3.04. The molecular formula is C18H18FNO4. The number of hydrogen-bond acceptors (Lipinski definition) is 5. The Morgan fingerprint density at radius 3 is 2.50 bits per heavy atom. The van der Waals surface area contributed by atoms with Crippen LogP contribution in [-0.2, 0) is 16.0 Å². The highest BCUT2D eigenvalue weighted by atomic mass is 19.1. The van der Waals surface area contributed by atoms with Crippen molar-refractivity contribution in [2.75, 3.05) is 6.61 Å². The molecule has 0 aliphatic heterocycles. The van der Waals surface area contributed by atoms with E-state index in [1.54, 1.807) is 25.1 Å². The van der Waals surface area contributed by atoms with E-state index in [1.165, 1.54) is 18.2 Å². The zero-order chi connectivity index (χ0) is 17.5. The van der Waals surface area contributed by atoms with E-state index in [0.29, 0.717) is 12.1 Å². The van der Waals surface area contributed by atoms with Gasteiger partial charge in [0.05, 0.1) is 13.0 Å². The van der Waals surface area contributed by atoms with Gasteiger partial charge < -0.3 is 9.84 Å². The molecule has 0 saturated heterocycles. The van der Waals surface area contributed by atoms with Gasteiger partial charge >= 0.3 is 5.97 Å². The van der Waals surface area contributed by atoms with Crippen molar-refractivity contribution >= 4 is 11.8 Å². The number of hydrogen-bond donors (Lipinski definition) is 1. The summed E-state index contributed by atoms with van der Waals surface area (Å²) in [7, 11) is 0. The molecule has 0 atom stereocenters. The molecule has 0 aliphatic carbocycles. The van der Waals surface area contributed by atoms with Crippen LogP contribution in [0.15, 0.2) is 36.4 Å². The summed E-state index contributed by atoms with van der Waals surface area (Å²) in [6, 6.07) is 8.95. The van der Waals surface area contributed by atoms with Crippen molar-refractivity contribution in [2.45, 2.75) is 26.2 Å². The standard InChI is InChI=1S/C18H18FNO4/c1-2-24-17(23)10-9-16(22)18-15(21)8-7-14(20-18)11-12-3-5-13(19)6-4-12/h3-8,21H,2,9-11H2,1H3. The minimum Gasteiger partial charge on any atom is -0.506 e. The van der Waals surface area contributed by atoms with Crippen molar-refractivity contribution in [3.05, 3.63) is 59.2 Å². The lowest BCUT2D eigenvalue weighted by Crippen LogP contribution is -2.10. The Kier molecular flexibility index (Phi) is 6.01. The van der Waals surface area contributed by atoms with Gasteiger partial charge in [-0.25, -0.2) is 9.37 Å². The molecule has 0 radical (unpaired) electrons. The summed E-state index contributed by atoms with van der Waals surface area (Å²) >= 11 is 0. The zero-order valence-corrected chi connectivity index (χ0v) is 13.3. The zero-order valence-electron chi connectivity index (χ0n) is 13.3. The largest absolute Gasteiger partial charge is 0.506 e. The van der Waals surface area contributed by atoms with Crippen LogP contribution in [-0.4, -0.2) is 28.4 Å². The van der Waals surface area contributed by atoms with Crippen molar-refractivity contribution in [1.29, 1.82) is 0 Å². The molecule has 0 fully saturated rings. The lowest BCUT2D eigenvalue weighted by molar-refractivity contribution is -0.143. The van der Waals surface area contributed by atoms with Crippen LogP contribution in [0.4, 0.5) is 4.39 Å². The summed E-state index contributed by atoms with van der Waals surface area (Å²) in [6.45, 7) is 1.94. The van der Waals surface area contributed by atoms with Gasteiger partial charge in [0.25, 0.3) is 0 Å². The molecule has 0 aliphatic rings. The van der Waals surface area contributed by atoms with Crippen LogP contribution in [0, 0.1) is 5.82 Å². The molecule has 5 nitrogen and oxygen atoms in total. The maximum atomic E-state index is 12.9. The second-order valence-electron chi connectivity index (χ2n) is 5.20. The maximum absolute atomic E-state index is 12.9. The van der Waals surface area contributed by atoms with Crippen LogP contribution in [0.5, 0.6) is 5.75 Å². The Labute approximate surface area is 139 Å². The number of nitrogens with zero attached hydrogens (tertiary/aromatic N) is 1. The summed E-state index contributed by atoms with van der Waals surface area (Å²) in [4.78, 5) is 27.6. The van der Waals surface area contributed by atoms with Crippen LogP contribution in [0.3, 0.4) is 0 Å². The molecule has 6 heteroatoms. The van der Waals surface area contributed by atoms with E-state index < -0.39 is 11.8 Å². The van der Waals surface area contributed by atoms with E-state index in [-0.39, 0.29) is 36.7 Å². The van der Waals surface area contributed by atoms with Crippen LogP contribution >= 0.6 is 0 Å². The number of ether oxygens (including phenoxy) is 1. The monoisotopic (exact) mass is 331 g/mol. The minimum atomic E-state index is -0.465. The fourth-order valence-corrected chi connectivity index (χ4v) is 2.17. The van der Waals surface area contributed by atoms with Crippen molar-refractivity contribution in [1.82, 2.24) is 4.98 Å². The van der Waals surface area contributed by atoms with E-state index >= 15 is 0 Å². The first-order valence-electron chi connectivity index (χ1n) is 7.61. The summed E-state index contributed by atoms with van der Waals surface area (Å²) in [5.74, 6) is -1.45. The molecule has 1 heterocycles. The molecule has 2 aromatic rings. The molecule has 0 bridgehead atoms. The third kappa shape index (κ3) is 4.87. The first-order valence-corrected chi connectivity index (χ1v) is 7.61. The number of halogens is 1. The molecule has 1 aromatic carbocycles. The Bertz CT molecular complexity index is 728. The van der Waals surface area contributed by atoms with E-state index in [4.69, 9.17) is 4.74 Å². The van der Waals surface area contributed by atoms with Crippen LogP contribution in [0.2, 0.25) is 0 Å². The Morgan fingerprint density at radius 1 is 1.12 bits per heavy atom. The number of ketones is 1. The van der Waals surface area contributed by atoms with Crippen molar-refractivity contribution in [2.24, 2.45) is 0 Å². The van der Waals surface area contributed by atoms with Gasteiger partial charge in [-0.2, -0.15) is 0 Å². The second-order valence-corrected chi connectivity index (χ2v) is 5.20. The topological polar surface area (TPSA) is 76.5 Å². The molecule has 0 unspecified atom stereocenters. The normalized spacial score (nSPS) is 10.4. The highest BCUT2D eigenvalue weighted by molar-refractivity contribution is 5.98. The fraction of sp³-hybridized carbons (Fsp3) is 0.278. The molecule has 2 rings (SSSR count). The van der Waals surface area contributed by atoms with Crippen molar-refractivity contribution in [3.8, 4) is 5.75 Å². The molecule has 0 saturated carbocycles. The van der Waals surface area contributed by atoms with E-state index in [2.05, 4.69) is 4.98 Å². The maximum Gasteiger partial charge on any atom is 0.306 e. The van der Waals surface area contributed by atoms with Gasteiger partial charge in [0.2, 0.25) is 0 Å². The quantitative estimate of drug-likeness (QED) is 0.623. The third-order valence-corrected chi connectivity index (χ3v) is 3.36. The number of carbonyl (C=O) groups is 2. The van der Waals surface area contributed by atoms with E-state index in [9.17, 15) is 19.1 Å². The Hall–Kier alpha value is -2.76. The van der Waals surface area contributed by atoms with Gasteiger partial charge in [-0.1, -0.05) is 12.1 Å². The van der Waals surface area contributed by atoms with Crippen LogP contribution < -0.4 is 0 Å². The van der Waals surface area contributed by atoms with Crippen molar-refractivity contribution < 1.29 is 23.8 Å². The number of esters is 1. The van der Waals surface area contributed by atoms with Gasteiger partial charge in [0.1, 0.15) is 17.3 Å². The van der Waals surface area contributed by atoms with Gasteiger partial charge in [0, 0.05) is 18.5 Å². The van der Waals surface area contributed by atoms with E-state index in [0.717, 1.165) is 5.56 Å². The van der Waals surface area contributed by atoms with Crippen LogP contribution in [0.25, 0.3) is 0 Å². The van der Waals surface area contributed by atoms with Crippen LogP contribution in [0.1, 0.15) is 41.5 Å². The fourth-order valence-electron chi connectivity index (χ4n) is 2.17. The van der Waals surface area contributed by atoms with E-state index in [1.807, 2.05) is 0 Å². The van der Waals surface area contributed by atoms with Crippen molar-refractivity contribution in [3.63, 3.8) is 0 Å². The molecule has 0 amide bonds. The SMILES string of the molecule is CCOC(=O)CCC(=O)c1nc(Cc2ccc(F)cc2)ccc1O. The molecule has 1 aromatic heterocycles. The molecule has 24 heavy (non-hydrogen) atoms. The molecule has 0 spiro atoms. The molecule has 126 valence electrons. The first-order chi connectivity index (χ1) is 11.5. The number of Topliss-reactive ketones (excluding diaryl/α,β-unsaturated/α-hetero) is 1. The highest BCUT2D eigenvalue weighted by Gasteiger charge is 2.16. The number of aromatic hydroxyl groups is 1. The van der Waals surface area contributed by atoms with Gasteiger partial charge in [-0.3, -0.25) is 9.59 Å². The molecular weight excluding hydrogens is 313 g/mol. The number of rotatable bonds is 7. The average Bonchev–Trinajstić information content (AvgIpc) is 2.57. The summed E-state index contributed by atoms with van der Waals surface area (Å²) in [6.07, 6.45) is 0.258. The number of benzene rings is 1. The first kappa shape index (κ1) is 17.6. The Morgan fingerprint density at radius 2 is 1.83 bits per heavy atom. The summed E-state index contributed by atoms with van der Waals surface area (Å²) in [5.41, 5.74) is 1.33. The number of pyridine rings is 1. The minimum absolute atomic E-state index is 0.0595. The lowest BCUT2D eigenvalue weighted by Gasteiger charge is -2.07. The summed E-state index contributed by atoms with van der Waals surface area (Å²) < 4.78 is 17.7. The molecule has 1 N–H and O–H groups in total. The highest BCUT2D eigenvalue weighted by Crippen LogP contribution is 2.19. The number of aromatic nitrogens is 1.